The standard InChI is InChI=1S/C20H24N4O5S.C2HF3O2/c1-20(2,3)29-19(26)14-5-4-6-15(11-14)24-17(25)12-23-30(27,28)16-9-7-13(8-10-16)18(21)22;3-2(4,5)1(6)7/h4-11,23H,12H2,1-3H3,(H3,21,22)(H,24,25);(H,6,7). The number of amides is 1. The first kappa shape index (κ1) is 31.1. The number of amidine groups is 1. The Bertz CT molecular complexity index is 1260. The number of carboxylic acid groups (broad SMARTS) is 1. The lowest BCUT2D eigenvalue weighted by Crippen LogP contribution is -2.46. The third kappa shape index (κ3) is 11.1. The number of carboxylic acids is 1. The Morgan fingerprint density at radius 3 is 2.03 bits per heavy atom. The average molecular weight is 547 g/mol. The number of nitrogens with two attached hydrogens (primary N) is 2. The Balaban J connectivity index is 0.000000856. The quantitative estimate of drug-likeness (QED) is 0.199. The van der Waals surface area contributed by atoms with Gasteiger partial charge in [-0.05, 0) is 63.2 Å². The zero-order valence-corrected chi connectivity index (χ0v) is 20.7. The van der Waals surface area contributed by atoms with Crippen LogP contribution in [0.1, 0.15) is 36.7 Å². The summed E-state index contributed by atoms with van der Waals surface area (Å²) in [4.78, 5) is 33.0. The minimum atomic E-state index is -5.19. The summed E-state index contributed by atoms with van der Waals surface area (Å²) in [7, 11) is -3.91. The van der Waals surface area contributed by atoms with E-state index >= 15 is 0 Å². The molecule has 6 N–H and O–H groups in total. The monoisotopic (exact) mass is 546 g/mol. The van der Waals surface area contributed by atoms with Gasteiger partial charge in [0, 0.05) is 5.69 Å². The fourth-order valence-corrected chi connectivity index (χ4v) is 3.32. The molecule has 0 bridgehead atoms. The van der Waals surface area contributed by atoms with Crippen molar-refractivity contribution < 1.29 is 51.2 Å². The molecule has 202 valence electrons. The van der Waals surface area contributed by atoms with Crippen molar-refractivity contribution in [1.82, 2.24) is 4.72 Å². The second kappa shape index (κ2) is 12.3. The van der Waals surface area contributed by atoms with Crippen LogP contribution in [0.15, 0.2) is 53.4 Å². The Morgan fingerprint density at radius 2 is 1.57 bits per heavy atom. The number of benzene rings is 2. The van der Waals surface area contributed by atoms with Gasteiger partial charge in [-0.1, -0.05) is 6.07 Å². The number of ether oxygens (including phenoxy) is 1. The number of carbonyl (C=O) groups is 3. The van der Waals surface area contributed by atoms with E-state index in [0.717, 1.165) is 0 Å². The van der Waals surface area contributed by atoms with Crippen molar-refractivity contribution >= 4 is 39.4 Å². The molecule has 0 saturated heterocycles. The summed E-state index contributed by atoms with van der Waals surface area (Å²) < 4.78 is 63.7. The summed E-state index contributed by atoms with van der Waals surface area (Å²) in [6, 6.07) is 11.8. The number of anilines is 1. The largest absolute Gasteiger partial charge is 0.542 e. The molecule has 1 amide bonds. The molecule has 0 spiro atoms. The molecule has 0 aliphatic rings. The van der Waals surface area contributed by atoms with Gasteiger partial charge in [0.15, 0.2) is 0 Å². The number of alkyl halides is 3. The number of sulfonamides is 1. The van der Waals surface area contributed by atoms with E-state index in [2.05, 4.69) is 10.0 Å². The second-order valence-corrected chi connectivity index (χ2v) is 9.99. The molecular formula is C22H25F3N4O7S. The molecule has 11 nitrogen and oxygen atoms in total. The van der Waals surface area contributed by atoms with Gasteiger partial charge in [-0.3, -0.25) is 15.9 Å². The fourth-order valence-electron chi connectivity index (χ4n) is 2.34. The number of aliphatic carboxylic acids is 1. The highest BCUT2D eigenvalue weighted by molar-refractivity contribution is 7.89. The first-order valence-electron chi connectivity index (χ1n) is 10.2. The van der Waals surface area contributed by atoms with E-state index in [9.17, 15) is 31.2 Å². The fraction of sp³-hybridized carbons (Fsp3) is 0.273. The number of esters is 1. The highest BCUT2D eigenvalue weighted by atomic mass is 32.2. The molecule has 2 aromatic rings. The molecule has 0 aromatic heterocycles. The van der Waals surface area contributed by atoms with Crippen molar-refractivity contribution in [1.29, 1.82) is 0 Å². The summed E-state index contributed by atoms with van der Waals surface area (Å²) >= 11 is 0. The smallest absolute Gasteiger partial charge is 0.430 e. The van der Waals surface area contributed by atoms with E-state index in [1.165, 1.54) is 30.3 Å². The van der Waals surface area contributed by atoms with E-state index in [1.54, 1.807) is 39.0 Å². The number of rotatable bonds is 7. The third-order valence-corrected chi connectivity index (χ3v) is 5.35. The Morgan fingerprint density at radius 1 is 1.03 bits per heavy atom. The highest BCUT2D eigenvalue weighted by Gasteiger charge is 2.28. The van der Waals surface area contributed by atoms with E-state index in [-0.39, 0.29) is 16.3 Å². The maximum Gasteiger partial charge on any atom is 0.430 e. The first-order chi connectivity index (χ1) is 16.8. The number of carbonyl (C=O) groups excluding carboxylic acids is 3. The van der Waals surface area contributed by atoms with Crippen LogP contribution >= 0.6 is 0 Å². The average Bonchev–Trinajstić information content (AvgIpc) is 2.76. The summed E-state index contributed by atoms with van der Waals surface area (Å²) in [5.74, 6) is -4.07. The summed E-state index contributed by atoms with van der Waals surface area (Å²) in [6.45, 7) is 4.75. The van der Waals surface area contributed by atoms with Crippen LogP contribution in [0, 0.1) is 0 Å². The van der Waals surface area contributed by atoms with Crippen molar-refractivity contribution in [2.45, 2.75) is 37.4 Å². The van der Waals surface area contributed by atoms with Gasteiger partial charge in [0.05, 0.1) is 22.6 Å². The molecule has 0 radical (unpaired) electrons. The minimum Gasteiger partial charge on any atom is -0.542 e. The molecule has 0 atom stereocenters. The first-order valence-corrected chi connectivity index (χ1v) is 11.7. The van der Waals surface area contributed by atoms with E-state index in [1.807, 2.05) is 0 Å². The Labute approximate surface area is 210 Å². The zero-order chi connectivity index (χ0) is 28.6. The van der Waals surface area contributed by atoms with Gasteiger partial charge < -0.3 is 20.0 Å². The van der Waals surface area contributed by atoms with Crippen molar-refractivity contribution in [3.8, 4) is 0 Å². The second-order valence-electron chi connectivity index (χ2n) is 8.22. The number of halogens is 3. The van der Waals surface area contributed by atoms with Crippen LogP contribution in [-0.4, -0.2) is 50.4 Å². The van der Waals surface area contributed by atoms with Crippen LogP contribution in [0.2, 0.25) is 0 Å². The van der Waals surface area contributed by atoms with Gasteiger partial charge in [-0.25, -0.2) is 17.9 Å². The lowest BCUT2D eigenvalue weighted by molar-refractivity contribution is -0.344. The maximum absolute atomic E-state index is 12.3. The van der Waals surface area contributed by atoms with Crippen LogP contribution in [0.25, 0.3) is 0 Å². The highest BCUT2D eigenvalue weighted by Crippen LogP contribution is 2.16. The van der Waals surface area contributed by atoms with Crippen molar-refractivity contribution in [3.05, 3.63) is 59.7 Å². The Hall–Kier alpha value is -3.98. The predicted octanol–water partition coefficient (Wildman–Crippen LogP) is -0.678. The SMILES string of the molecule is CC(C)(C)OC(=O)c1cccc(NC(=O)CNS(=O)(=O)c2ccc(C(N)=[NH2+])cc2)c1.O=C([O-])C(F)(F)F. The number of hydrogen-bond acceptors (Lipinski definition) is 7. The van der Waals surface area contributed by atoms with Gasteiger partial charge in [0.2, 0.25) is 15.9 Å². The Kier molecular flexibility index (Phi) is 10.3. The summed E-state index contributed by atoms with van der Waals surface area (Å²) in [5, 5.41) is 16.8. The summed E-state index contributed by atoms with van der Waals surface area (Å²) in [5.41, 5.74) is 5.89. The lowest BCUT2D eigenvalue weighted by atomic mass is 10.1. The van der Waals surface area contributed by atoms with Gasteiger partial charge in [-0.2, -0.15) is 13.2 Å². The van der Waals surface area contributed by atoms with Crippen LogP contribution in [-0.2, 0) is 24.3 Å². The van der Waals surface area contributed by atoms with Crippen molar-refractivity contribution in [2.24, 2.45) is 5.73 Å². The van der Waals surface area contributed by atoms with E-state index in [0.29, 0.717) is 11.3 Å². The van der Waals surface area contributed by atoms with Crippen LogP contribution in [0.3, 0.4) is 0 Å². The normalized spacial score (nSPS) is 11.5. The molecule has 2 aromatic carbocycles. The zero-order valence-electron chi connectivity index (χ0n) is 19.9. The van der Waals surface area contributed by atoms with Gasteiger partial charge >= 0.3 is 12.1 Å². The van der Waals surface area contributed by atoms with Crippen LogP contribution < -0.4 is 26.3 Å². The van der Waals surface area contributed by atoms with Crippen molar-refractivity contribution in [3.63, 3.8) is 0 Å². The summed E-state index contributed by atoms with van der Waals surface area (Å²) in [6.07, 6.45) is -5.19. The van der Waals surface area contributed by atoms with Crippen molar-refractivity contribution in [2.75, 3.05) is 11.9 Å². The molecule has 0 aliphatic heterocycles. The lowest BCUT2D eigenvalue weighted by Gasteiger charge is -2.19. The molecule has 2 rings (SSSR count). The van der Waals surface area contributed by atoms with Gasteiger partial charge in [0.25, 0.3) is 5.84 Å². The van der Waals surface area contributed by atoms with Gasteiger partial charge in [-0.15, -0.1) is 0 Å². The third-order valence-electron chi connectivity index (χ3n) is 3.93. The topological polar surface area (TPSA) is 193 Å². The molecule has 0 unspecified atom stereocenters. The molecule has 37 heavy (non-hydrogen) atoms. The molecule has 0 heterocycles. The van der Waals surface area contributed by atoms with Gasteiger partial charge in [0.1, 0.15) is 11.6 Å². The predicted molar refractivity (Wildman–Crippen MR) is 123 cm³/mol. The van der Waals surface area contributed by atoms with Crippen LogP contribution in [0.4, 0.5) is 18.9 Å². The molecule has 0 fully saturated rings. The van der Waals surface area contributed by atoms with Crippen LogP contribution in [0.5, 0.6) is 0 Å². The number of hydrogen-bond donors (Lipinski definition) is 4. The molecular weight excluding hydrogens is 521 g/mol. The number of nitrogens with one attached hydrogen (secondary N) is 2. The van der Waals surface area contributed by atoms with E-state index in [4.69, 9.17) is 25.8 Å². The molecule has 15 heteroatoms. The minimum absolute atomic E-state index is 0.0350. The molecule has 0 aliphatic carbocycles. The molecule has 0 saturated carbocycles. The maximum atomic E-state index is 12.3. The van der Waals surface area contributed by atoms with E-state index < -0.39 is 46.2 Å².